The van der Waals surface area contributed by atoms with E-state index in [1.54, 1.807) is 0 Å². The van der Waals surface area contributed by atoms with Crippen LogP contribution in [-0.2, 0) is 6.42 Å². The number of nitrogens with zero attached hydrogens (tertiary/aromatic N) is 3. The van der Waals surface area contributed by atoms with Crippen molar-refractivity contribution in [3.63, 3.8) is 0 Å². The molecule has 0 heterocycles. The standard InChI is InChI=1S/C24H27N3/c1-4-5-6-19-7-13-22(14-8-19)25-26-23-15-9-20(10-16-23)21-11-17-24(18-12-21)27(2)3/h7-18H,4-6H2,1-3H3. The summed E-state index contributed by atoms with van der Waals surface area (Å²) >= 11 is 0. The minimum Gasteiger partial charge on any atom is -0.378 e. The number of azo groups is 1. The summed E-state index contributed by atoms with van der Waals surface area (Å²) in [5.74, 6) is 0. The highest BCUT2D eigenvalue weighted by Gasteiger charge is 2.00. The van der Waals surface area contributed by atoms with Crippen molar-refractivity contribution < 1.29 is 0 Å². The van der Waals surface area contributed by atoms with Crippen LogP contribution in [0, 0.1) is 0 Å². The van der Waals surface area contributed by atoms with Crippen LogP contribution in [-0.4, -0.2) is 14.1 Å². The number of aryl methyl sites for hydroxylation is 1. The molecule has 0 amide bonds. The van der Waals surface area contributed by atoms with E-state index in [1.807, 2.05) is 38.4 Å². The maximum atomic E-state index is 4.36. The first-order valence-corrected chi connectivity index (χ1v) is 9.54. The van der Waals surface area contributed by atoms with Gasteiger partial charge in [-0.3, -0.25) is 0 Å². The smallest absolute Gasteiger partial charge is 0.0857 e. The van der Waals surface area contributed by atoms with Crippen LogP contribution in [0.25, 0.3) is 11.1 Å². The first kappa shape index (κ1) is 18.8. The van der Waals surface area contributed by atoms with Crippen LogP contribution in [0.3, 0.4) is 0 Å². The van der Waals surface area contributed by atoms with E-state index in [0.717, 1.165) is 17.8 Å². The third-order valence-electron chi connectivity index (χ3n) is 4.62. The van der Waals surface area contributed by atoms with Gasteiger partial charge in [-0.15, -0.1) is 0 Å². The van der Waals surface area contributed by atoms with Crippen LogP contribution in [0.2, 0.25) is 0 Å². The predicted molar refractivity (Wildman–Crippen MR) is 115 cm³/mol. The molecule has 0 spiro atoms. The van der Waals surface area contributed by atoms with Gasteiger partial charge in [0.15, 0.2) is 0 Å². The Balaban J connectivity index is 1.65. The molecule has 3 rings (SSSR count). The molecule has 0 fully saturated rings. The van der Waals surface area contributed by atoms with Gasteiger partial charge in [-0.25, -0.2) is 0 Å². The largest absolute Gasteiger partial charge is 0.378 e. The van der Waals surface area contributed by atoms with Crippen molar-refractivity contribution in [3.8, 4) is 11.1 Å². The average Bonchev–Trinajstić information content (AvgIpc) is 2.72. The van der Waals surface area contributed by atoms with Gasteiger partial charge < -0.3 is 4.90 Å². The molecule has 3 heteroatoms. The molecule has 0 saturated carbocycles. The number of hydrogen-bond acceptors (Lipinski definition) is 3. The van der Waals surface area contributed by atoms with Gasteiger partial charge in [-0.2, -0.15) is 10.2 Å². The number of benzene rings is 3. The van der Waals surface area contributed by atoms with Crippen molar-refractivity contribution >= 4 is 17.1 Å². The maximum Gasteiger partial charge on any atom is 0.0857 e. The third-order valence-corrected chi connectivity index (χ3v) is 4.62. The van der Waals surface area contributed by atoms with E-state index in [4.69, 9.17) is 0 Å². The van der Waals surface area contributed by atoms with Gasteiger partial charge in [0, 0.05) is 19.8 Å². The lowest BCUT2D eigenvalue weighted by atomic mass is 10.1. The fourth-order valence-corrected chi connectivity index (χ4v) is 2.90. The zero-order valence-corrected chi connectivity index (χ0v) is 16.4. The summed E-state index contributed by atoms with van der Waals surface area (Å²) in [6, 6.07) is 25.1. The Morgan fingerprint density at radius 3 is 1.63 bits per heavy atom. The molecular formula is C24H27N3. The van der Waals surface area contributed by atoms with Crippen LogP contribution in [0.5, 0.6) is 0 Å². The van der Waals surface area contributed by atoms with E-state index in [9.17, 15) is 0 Å². The maximum absolute atomic E-state index is 4.36. The van der Waals surface area contributed by atoms with Crippen molar-refractivity contribution in [2.24, 2.45) is 10.2 Å². The Morgan fingerprint density at radius 1 is 0.667 bits per heavy atom. The van der Waals surface area contributed by atoms with E-state index < -0.39 is 0 Å². The number of hydrogen-bond donors (Lipinski definition) is 0. The fourth-order valence-electron chi connectivity index (χ4n) is 2.90. The second kappa shape index (κ2) is 9.13. The summed E-state index contributed by atoms with van der Waals surface area (Å²) < 4.78 is 0. The van der Waals surface area contributed by atoms with Crippen LogP contribution in [0.15, 0.2) is 83.0 Å². The summed E-state index contributed by atoms with van der Waals surface area (Å²) in [5, 5.41) is 8.71. The minimum absolute atomic E-state index is 0.860. The zero-order valence-electron chi connectivity index (χ0n) is 16.4. The van der Waals surface area contributed by atoms with Gasteiger partial charge >= 0.3 is 0 Å². The SMILES string of the molecule is CCCCc1ccc(N=Nc2ccc(-c3ccc(N(C)C)cc3)cc2)cc1. The van der Waals surface area contributed by atoms with Gasteiger partial charge in [0.2, 0.25) is 0 Å². The first-order valence-electron chi connectivity index (χ1n) is 9.54. The quantitative estimate of drug-likeness (QED) is 0.412. The molecule has 138 valence electrons. The van der Waals surface area contributed by atoms with Crippen molar-refractivity contribution in [2.45, 2.75) is 26.2 Å². The van der Waals surface area contributed by atoms with Gasteiger partial charge in [0.25, 0.3) is 0 Å². The van der Waals surface area contributed by atoms with Crippen LogP contribution < -0.4 is 4.90 Å². The molecule has 0 unspecified atom stereocenters. The minimum atomic E-state index is 0.860. The van der Waals surface area contributed by atoms with Gasteiger partial charge in [0.1, 0.15) is 0 Å². The van der Waals surface area contributed by atoms with E-state index >= 15 is 0 Å². The monoisotopic (exact) mass is 357 g/mol. The Bertz CT molecular complexity index is 861. The Kier molecular flexibility index (Phi) is 6.37. The summed E-state index contributed by atoms with van der Waals surface area (Å²) in [7, 11) is 4.10. The molecule has 0 bridgehead atoms. The highest BCUT2D eigenvalue weighted by atomic mass is 15.1. The van der Waals surface area contributed by atoms with E-state index in [1.165, 1.54) is 35.2 Å². The second-order valence-corrected chi connectivity index (χ2v) is 6.96. The van der Waals surface area contributed by atoms with E-state index in [0.29, 0.717) is 0 Å². The number of unbranched alkanes of at least 4 members (excludes halogenated alkanes) is 1. The number of anilines is 1. The van der Waals surface area contributed by atoms with Crippen molar-refractivity contribution in [3.05, 3.63) is 78.4 Å². The molecule has 0 aliphatic heterocycles. The van der Waals surface area contributed by atoms with E-state index in [-0.39, 0.29) is 0 Å². The molecule has 0 atom stereocenters. The molecule has 0 aromatic heterocycles. The lowest BCUT2D eigenvalue weighted by Gasteiger charge is -2.12. The van der Waals surface area contributed by atoms with Crippen LogP contribution in [0.4, 0.5) is 17.1 Å². The molecule has 27 heavy (non-hydrogen) atoms. The highest BCUT2D eigenvalue weighted by Crippen LogP contribution is 2.26. The molecule has 3 aromatic carbocycles. The molecule has 0 aliphatic rings. The molecular weight excluding hydrogens is 330 g/mol. The van der Waals surface area contributed by atoms with Crippen molar-refractivity contribution in [1.82, 2.24) is 0 Å². The van der Waals surface area contributed by atoms with Gasteiger partial charge in [-0.05, 0) is 65.9 Å². The molecule has 0 radical (unpaired) electrons. The normalized spacial score (nSPS) is 11.1. The predicted octanol–water partition coefficient (Wildman–Crippen LogP) is 7.18. The summed E-state index contributed by atoms with van der Waals surface area (Å²) in [6.45, 7) is 2.21. The van der Waals surface area contributed by atoms with Gasteiger partial charge in [-0.1, -0.05) is 49.7 Å². The van der Waals surface area contributed by atoms with Crippen LogP contribution >= 0.6 is 0 Å². The number of rotatable bonds is 7. The Labute approximate surface area is 162 Å². The summed E-state index contributed by atoms with van der Waals surface area (Å²) in [4.78, 5) is 2.10. The molecule has 3 nitrogen and oxygen atoms in total. The molecule has 3 aromatic rings. The van der Waals surface area contributed by atoms with Crippen LogP contribution in [0.1, 0.15) is 25.3 Å². The molecule has 0 aliphatic carbocycles. The Hall–Kier alpha value is -2.94. The second-order valence-electron chi connectivity index (χ2n) is 6.96. The summed E-state index contributed by atoms with van der Waals surface area (Å²) in [6.07, 6.45) is 3.58. The Morgan fingerprint density at radius 2 is 1.15 bits per heavy atom. The fraction of sp³-hybridized carbons (Fsp3) is 0.250. The van der Waals surface area contributed by atoms with Gasteiger partial charge in [0.05, 0.1) is 11.4 Å². The van der Waals surface area contributed by atoms with E-state index in [2.05, 4.69) is 70.6 Å². The average molecular weight is 358 g/mol. The molecule has 0 saturated heterocycles. The first-order chi connectivity index (χ1) is 13.2. The van der Waals surface area contributed by atoms with Crippen molar-refractivity contribution in [2.75, 3.05) is 19.0 Å². The molecule has 0 N–H and O–H groups in total. The highest BCUT2D eigenvalue weighted by molar-refractivity contribution is 5.67. The third kappa shape index (κ3) is 5.27. The lowest BCUT2D eigenvalue weighted by Crippen LogP contribution is -2.07. The lowest BCUT2D eigenvalue weighted by molar-refractivity contribution is 0.795. The zero-order chi connectivity index (χ0) is 19.1. The summed E-state index contributed by atoms with van der Waals surface area (Å²) in [5.41, 5.74) is 6.69. The topological polar surface area (TPSA) is 28.0 Å². The van der Waals surface area contributed by atoms with Crippen molar-refractivity contribution in [1.29, 1.82) is 0 Å².